The number of hydrogen-bond donors (Lipinski definition) is 2. The summed E-state index contributed by atoms with van der Waals surface area (Å²) in [6, 6.07) is 10.3. The van der Waals surface area contributed by atoms with Gasteiger partial charge < -0.3 is 11.1 Å². The molecule has 22 heavy (non-hydrogen) atoms. The van der Waals surface area contributed by atoms with E-state index in [-0.39, 0.29) is 11.3 Å². The van der Waals surface area contributed by atoms with E-state index in [2.05, 4.69) is 5.32 Å². The predicted octanol–water partition coefficient (Wildman–Crippen LogP) is 2.25. The van der Waals surface area contributed by atoms with Gasteiger partial charge in [-0.2, -0.15) is 0 Å². The molecule has 112 valence electrons. The lowest BCUT2D eigenvalue weighted by Gasteiger charge is -2.06. The average Bonchev–Trinajstić information content (AvgIpc) is 2.47. The van der Waals surface area contributed by atoms with Crippen LogP contribution in [0.15, 0.2) is 42.5 Å². The van der Waals surface area contributed by atoms with Gasteiger partial charge in [-0.05, 0) is 37.3 Å². The number of aryl methyl sites for hydroxylation is 1. The van der Waals surface area contributed by atoms with E-state index in [1.54, 1.807) is 6.92 Å². The monoisotopic (exact) mass is 299 g/mol. The molecular formula is C15H13N3O4. The number of amides is 2. The Kier molecular flexibility index (Phi) is 4.17. The number of hydrogen-bond acceptors (Lipinski definition) is 4. The molecule has 0 radical (unpaired) electrons. The second-order valence-electron chi connectivity index (χ2n) is 4.65. The molecule has 7 heteroatoms. The minimum Gasteiger partial charge on any atom is -0.366 e. The predicted molar refractivity (Wildman–Crippen MR) is 80.7 cm³/mol. The summed E-state index contributed by atoms with van der Waals surface area (Å²) in [5.41, 5.74) is 6.45. The van der Waals surface area contributed by atoms with E-state index in [4.69, 9.17) is 5.73 Å². The topological polar surface area (TPSA) is 115 Å². The van der Waals surface area contributed by atoms with Gasteiger partial charge in [0.1, 0.15) is 0 Å². The standard InChI is InChI=1S/C15H13N3O4/c1-9-2-3-11(8-13(9)18(21)22)15(20)17-12-6-4-10(5-7-12)14(16)19/h2-8H,1H3,(H2,16,19)(H,17,20). The molecule has 0 unspecified atom stereocenters. The lowest BCUT2D eigenvalue weighted by Crippen LogP contribution is -2.13. The smallest absolute Gasteiger partial charge is 0.273 e. The number of carbonyl (C=O) groups excluding carboxylic acids is 2. The highest BCUT2D eigenvalue weighted by molar-refractivity contribution is 6.05. The molecule has 3 N–H and O–H groups in total. The minimum absolute atomic E-state index is 0.114. The number of primary amides is 1. The minimum atomic E-state index is -0.563. The van der Waals surface area contributed by atoms with Crippen LogP contribution in [0.25, 0.3) is 0 Å². The maximum absolute atomic E-state index is 12.1. The van der Waals surface area contributed by atoms with E-state index >= 15 is 0 Å². The fraction of sp³-hybridized carbons (Fsp3) is 0.0667. The Morgan fingerprint density at radius 2 is 1.68 bits per heavy atom. The molecule has 0 aliphatic heterocycles. The van der Waals surface area contributed by atoms with Gasteiger partial charge in [0.25, 0.3) is 11.6 Å². The van der Waals surface area contributed by atoms with Crippen LogP contribution in [0.1, 0.15) is 26.3 Å². The maximum atomic E-state index is 12.1. The van der Waals surface area contributed by atoms with Crippen molar-refractivity contribution in [3.05, 3.63) is 69.3 Å². The third-order valence-electron chi connectivity index (χ3n) is 3.10. The number of carbonyl (C=O) groups is 2. The summed E-state index contributed by atoms with van der Waals surface area (Å²) >= 11 is 0. The Morgan fingerprint density at radius 1 is 1.09 bits per heavy atom. The molecule has 0 fully saturated rings. The van der Waals surface area contributed by atoms with Crippen LogP contribution in [-0.4, -0.2) is 16.7 Å². The van der Waals surface area contributed by atoms with Crippen LogP contribution >= 0.6 is 0 Å². The van der Waals surface area contributed by atoms with Crippen LogP contribution in [0.3, 0.4) is 0 Å². The molecule has 2 aromatic rings. The van der Waals surface area contributed by atoms with Crippen LogP contribution in [-0.2, 0) is 0 Å². The largest absolute Gasteiger partial charge is 0.366 e. The Balaban J connectivity index is 2.20. The van der Waals surface area contributed by atoms with Gasteiger partial charge in [0.15, 0.2) is 0 Å². The normalized spacial score (nSPS) is 10.0. The fourth-order valence-corrected chi connectivity index (χ4v) is 1.87. The summed E-state index contributed by atoms with van der Waals surface area (Å²) in [6.07, 6.45) is 0. The number of anilines is 1. The molecule has 2 rings (SSSR count). The van der Waals surface area contributed by atoms with Gasteiger partial charge in [-0.25, -0.2) is 0 Å². The quantitative estimate of drug-likeness (QED) is 0.665. The van der Waals surface area contributed by atoms with Crippen LogP contribution in [0.5, 0.6) is 0 Å². The molecule has 0 atom stereocenters. The highest BCUT2D eigenvalue weighted by Gasteiger charge is 2.15. The molecule has 0 aromatic heterocycles. The number of rotatable bonds is 4. The first-order valence-corrected chi connectivity index (χ1v) is 6.35. The summed E-state index contributed by atoms with van der Waals surface area (Å²) in [5, 5.41) is 13.5. The van der Waals surface area contributed by atoms with Crippen molar-refractivity contribution in [1.82, 2.24) is 0 Å². The van der Waals surface area contributed by atoms with E-state index in [0.717, 1.165) is 0 Å². The van der Waals surface area contributed by atoms with Gasteiger partial charge in [-0.3, -0.25) is 19.7 Å². The maximum Gasteiger partial charge on any atom is 0.273 e. The molecule has 0 saturated heterocycles. The first-order valence-electron chi connectivity index (χ1n) is 6.35. The third-order valence-corrected chi connectivity index (χ3v) is 3.10. The summed E-state index contributed by atoms with van der Waals surface area (Å²) in [7, 11) is 0. The first kappa shape index (κ1) is 15.2. The Morgan fingerprint density at radius 3 is 2.23 bits per heavy atom. The van der Waals surface area contributed by atoms with Crippen LogP contribution in [0, 0.1) is 17.0 Å². The van der Waals surface area contributed by atoms with Gasteiger partial charge in [0.05, 0.1) is 4.92 Å². The van der Waals surface area contributed by atoms with Gasteiger partial charge in [-0.1, -0.05) is 6.07 Å². The number of benzene rings is 2. The Labute approximate surface area is 125 Å². The summed E-state index contributed by atoms with van der Waals surface area (Å²) in [5.74, 6) is -1.04. The molecule has 0 spiro atoms. The van der Waals surface area contributed by atoms with Crippen molar-refractivity contribution < 1.29 is 14.5 Å². The number of nitro benzene ring substituents is 1. The van der Waals surface area contributed by atoms with Crippen molar-refractivity contribution in [3.8, 4) is 0 Å². The van der Waals surface area contributed by atoms with Crippen molar-refractivity contribution in [2.45, 2.75) is 6.92 Å². The van der Waals surface area contributed by atoms with E-state index in [0.29, 0.717) is 16.8 Å². The van der Waals surface area contributed by atoms with Crippen LogP contribution < -0.4 is 11.1 Å². The molecule has 2 amide bonds. The molecule has 0 saturated carbocycles. The highest BCUT2D eigenvalue weighted by Crippen LogP contribution is 2.20. The van der Waals surface area contributed by atoms with Gasteiger partial charge in [-0.15, -0.1) is 0 Å². The van der Waals surface area contributed by atoms with E-state index < -0.39 is 16.7 Å². The number of nitrogens with one attached hydrogen (secondary N) is 1. The molecule has 0 bridgehead atoms. The van der Waals surface area contributed by atoms with Crippen molar-refractivity contribution in [2.75, 3.05) is 5.32 Å². The Bertz CT molecular complexity index is 754. The zero-order chi connectivity index (χ0) is 16.3. The van der Waals surface area contributed by atoms with Crippen LogP contribution in [0.4, 0.5) is 11.4 Å². The second-order valence-corrected chi connectivity index (χ2v) is 4.65. The summed E-state index contributed by atoms with van der Waals surface area (Å²) in [6.45, 7) is 1.60. The lowest BCUT2D eigenvalue weighted by atomic mass is 10.1. The molecule has 7 nitrogen and oxygen atoms in total. The highest BCUT2D eigenvalue weighted by atomic mass is 16.6. The third kappa shape index (κ3) is 3.26. The molecular weight excluding hydrogens is 286 g/mol. The van der Waals surface area contributed by atoms with E-state index in [9.17, 15) is 19.7 Å². The van der Waals surface area contributed by atoms with Crippen molar-refractivity contribution in [3.63, 3.8) is 0 Å². The molecule has 0 heterocycles. The van der Waals surface area contributed by atoms with Crippen molar-refractivity contribution in [2.24, 2.45) is 5.73 Å². The number of nitrogens with two attached hydrogens (primary N) is 1. The van der Waals surface area contributed by atoms with E-state index in [1.165, 1.54) is 42.5 Å². The first-order chi connectivity index (χ1) is 10.4. The summed E-state index contributed by atoms with van der Waals surface area (Å²) < 4.78 is 0. The van der Waals surface area contributed by atoms with Crippen LogP contribution in [0.2, 0.25) is 0 Å². The van der Waals surface area contributed by atoms with Gasteiger partial charge in [0.2, 0.25) is 5.91 Å². The molecule has 0 aliphatic rings. The molecule has 0 aliphatic carbocycles. The SMILES string of the molecule is Cc1ccc(C(=O)Nc2ccc(C(N)=O)cc2)cc1[N+](=O)[O-]. The number of nitrogens with zero attached hydrogens (tertiary/aromatic N) is 1. The second kappa shape index (κ2) is 6.04. The van der Waals surface area contributed by atoms with E-state index in [1.807, 2.05) is 0 Å². The van der Waals surface area contributed by atoms with Crippen molar-refractivity contribution in [1.29, 1.82) is 0 Å². The summed E-state index contributed by atoms with van der Waals surface area (Å²) in [4.78, 5) is 33.4. The zero-order valence-electron chi connectivity index (χ0n) is 11.7. The fourth-order valence-electron chi connectivity index (χ4n) is 1.87. The lowest BCUT2D eigenvalue weighted by molar-refractivity contribution is -0.385. The zero-order valence-corrected chi connectivity index (χ0v) is 11.7. The Hall–Kier alpha value is -3.22. The molecule has 2 aromatic carbocycles. The van der Waals surface area contributed by atoms with Gasteiger partial charge >= 0.3 is 0 Å². The number of nitro groups is 1. The van der Waals surface area contributed by atoms with Gasteiger partial charge in [0, 0.05) is 28.4 Å². The van der Waals surface area contributed by atoms with Crippen molar-refractivity contribution >= 4 is 23.2 Å². The average molecular weight is 299 g/mol.